The zero-order valence-electron chi connectivity index (χ0n) is 14.8. The van der Waals surface area contributed by atoms with Gasteiger partial charge in [0.25, 0.3) is 0 Å². The van der Waals surface area contributed by atoms with Crippen molar-refractivity contribution in [3.05, 3.63) is 26.7 Å². The van der Waals surface area contributed by atoms with Gasteiger partial charge in [0.05, 0.1) is 5.56 Å². The summed E-state index contributed by atoms with van der Waals surface area (Å²) in [5.41, 5.74) is 4.45. The Kier molecular flexibility index (Phi) is 7.18. The lowest BCUT2D eigenvalue weighted by atomic mass is 10.0. The molecule has 124 valence electrons. The van der Waals surface area contributed by atoms with Gasteiger partial charge in [-0.3, -0.25) is 0 Å². The quantitative estimate of drug-likeness (QED) is 0.864. The zero-order valence-corrected chi connectivity index (χ0v) is 15.6. The highest BCUT2D eigenvalue weighted by Crippen LogP contribution is 2.23. The molecule has 1 aromatic heterocycles. The number of rotatable bonds is 3. The molecular formula is C18H25N3OS. The van der Waals surface area contributed by atoms with Crippen molar-refractivity contribution >= 4 is 28.2 Å². The van der Waals surface area contributed by atoms with Crippen molar-refractivity contribution in [2.45, 2.75) is 47.5 Å². The van der Waals surface area contributed by atoms with Gasteiger partial charge in [-0.15, -0.1) is 0 Å². The number of carbonyl (C=O) groups is 1. The molecule has 0 radical (unpaired) electrons. The van der Waals surface area contributed by atoms with Gasteiger partial charge in [-0.25, -0.2) is 4.99 Å². The van der Waals surface area contributed by atoms with Crippen LogP contribution in [0.2, 0.25) is 0 Å². The van der Waals surface area contributed by atoms with Crippen LogP contribution in [0.15, 0.2) is 16.3 Å². The summed E-state index contributed by atoms with van der Waals surface area (Å²) in [6.07, 6.45) is 2.86. The molecule has 0 bridgehead atoms. The van der Waals surface area contributed by atoms with Crippen LogP contribution in [0.5, 0.6) is 0 Å². The van der Waals surface area contributed by atoms with Gasteiger partial charge in [0.1, 0.15) is 22.0 Å². The van der Waals surface area contributed by atoms with Crippen molar-refractivity contribution in [3.8, 4) is 6.07 Å². The van der Waals surface area contributed by atoms with Gasteiger partial charge < -0.3 is 10.1 Å². The molecule has 4 nitrogen and oxygen atoms in total. The normalized spacial score (nSPS) is 13.4. The minimum Gasteiger partial charge on any atom is -0.379 e. The van der Waals surface area contributed by atoms with Gasteiger partial charge in [-0.2, -0.15) is 5.26 Å². The van der Waals surface area contributed by atoms with E-state index in [-0.39, 0.29) is 5.92 Å². The molecule has 1 N–H and O–H groups in total. The smallest absolute Gasteiger partial charge is 0.126 e. The number of carbonyl (C=O) groups excluding carboxylic acids is 1. The average molecular weight is 331 g/mol. The topological polar surface area (TPSA) is 65.2 Å². The summed E-state index contributed by atoms with van der Waals surface area (Å²) >= 11 is 1.56. The molecule has 0 saturated heterocycles. The summed E-state index contributed by atoms with van der Waals surface area (Å²) in [5.74, 6) is 0.204. The van der Waals surface area contributed by atoms with Crippen molar-refractivity contribution in [1.82, 2.24) is 0 Å². The summed E-state index contributed by atoms with van der Waals surface area (Å²) in [7, 11) is 1.85. The summed E-state index contributed by atoms with van der Waals surface area (Å²) < 4.78 is 0.967. The number of hydrogen-bond donors (Lipinski definition) is 1. The highest BCUT2D eigenvalue weighted by Gasteiger charge is 2.15. The molecule has 1 aromatic rings. The monoisotopic (exact) mass is 331 g/mol. The first kappa shape index (κ1) is 19.1. The van der Waals surface area contributed by atoms with Gasteiger partial charge in [0.15, 0.2) is 0 Å². The Balaban J connectivity index is 0.000000463. The Morgan fingerprint density at radius 2 is 2.04 bits per heavy atom. The zero-order chi connectivity index (χ0) is 17.6. The molecule has 0 aliphatic carbocycles. The predicted molar refractivity (Wildman–Crippen MR) is 97.0 cm³/mol. The molecule has 0 amide bonds. The lowest BCUT2D eigenvalue weighted by molar-refractivity contribution is -0.110. The van der Waals surface area contributed by atoms with E-state index in [4.69, 9.17) is 4.99 Å². The van der Waals surface area contributed by atoms with E-state index in [2.05, 4.69) is 32.2 Å². The van der Waals surface area contributed by atoms with Crippen molar-refractivity contribution < 1.29 is 4.79 Å². The van der Waals surface area contributed by atoms with Gasteiger partial charge in [-0.1, -0.05) is 37.7 Å². The highest BCUT2D eigenvalue weighted by molar-refractivity contribution is 7.14. The number of nitrogens with zero attached hydrogens (tertiary/aromatic N) is 2. The summed E-state index contributed by atoms with van der Waals surface area (Å²) in [4.78, 5) is 14.2. The Hall–Kier alpha value is -1.93. The summed E-state index contributed by atoms with van der Waals surface area (Å²) in [6.45, 7) is 10.0. The van der Waals surface area contributed by atoms with E-state index in [1.165, 1.54) is 11.1 Å². The molecule has 0 saturated carbocycles. The number of anilines is 1. The van der Waals surface area contributed by atoms with Crippen LogP contribution in [-0.2, 0) is 4.79 Å². The second-order valence-corrected chi connectivity index (χ2v) is 6.84. The van der Waals surface area contributed by atoms with Crippen LogP contribution in [0.4, 0.5) is 5.00 Å². The Morgan fingerprint density at radius 3 is 2.48 bits per heavy atom. The number of fused-ring (bicyclic) bond motifs is 1. The first-order valence-corrected chi connectivity index (χ1v) is 8.64. The third kappa shape index (κ3) is 4.52. The average Bonchev–Trinajstić information content (AvgIpc) is 2.84. The Labute approximate surface area is 142 Å². The molecule has 5 heteroatoms. The first-order chi connectivity index (χ1) is 10.9. The van der Waals surface area contributed by atoms with E-state index in [0.717, 1.165) is 45.3 Å². The predicted octanol–water partition coefficient (Wildman–Crippen LogP) is 3.38. The van der Waals surface area contributed by atoms with Crippen LogP contribution in [0.25, 0.3) is 5.57 Å². The molecule has 0 aromatic carbocycles. The minimum absolute atomic E-state index is 0.204. The third-order valence-corrected chi connectivity index (χ3v) is 4.71. The largest absolute Gasteiger partial charge is 0.379 e. The molecule has 23 heavy (non-hydrogen) atoms. The van der Waals surface area contributed by atoms with Crippen LogP contribution >= 0.6 is 11.3 Å². The maximum absolute atomic E-state index is 9.50. The van der Waals surface area contributed by atoms with E-state index in [9.17, 15) is 10.1 Å². The number of allylic oxidation sites excluding steroid dienone is 2. The minimum atomic E-state index is 0.204. The molecular weight excluding hydrogens is 306 g/mol. The molecule has 0 unspecified atom stereocenters. The molecule has 0 fully saturated rings. The molecule has 1 aliphatic heterocycles. The SMILES string of the molecule is CC(C)C=O.CCC1=C(C)N=c2sc(NC)c(C#N)c2=C(C)C1. The van der Waals surface area contributed by atoms with Gasteiger partial charge in [0.2, 0.25) is 0 Å². The number of hydrogen-bond acceptors (Lipinski definition) is 5. The lowest BCUT2D eigenvalue weighted by Gasteiger charge is -2.05. The third-order valence-electron chi connectivity index (χ3n) is 3.61. The van der Waals surface area contributed by atoms with E-state index < -0.39 is 0 Å². The fourth-order valence-electron chi connectivity index (χ4n) is 2.33. The van der Waals surface area contributed by atoms with E-state index >= 15 is 0 Å². The molecule has 2 heterocycles. The standard InChI is InChI=1S/C14H17N3S.C4H8O/c1-5-10-6-8(2)12-11(7-15)13(16-4)18-14(12)17-9(10)3;1-4(2)3-5/h16H,5-6H2,1-4H3;3-4H,1-2H3. The van der Waals surface area contributed by atoms with E-state index in [1.807, 2.05) is 20.9 Å². The van der Waals surface area contributed by atoms with E-state index in [1.54, 1.807) is 11.3 Å². The van der Waals surface area contributed by atoms with E-state index in [0.29, 0.717) is 0 Å². The molecule has 0 atom stereocenters. The van der Waals surface area contributed by atoms with Gasteiger partial charge >= 0.3 is 0 Å². The van der Waals surface area contributed by atoms with Gasteiger partial charge in [-0.05, 0) is 32.3 Å². The first-order valence-electron chi connectivity index (χ1n) is 7.82. The second-order valence-electron chi connectivity index (χ2n) is 5.84. The van der Waals surface area contributed by atoms with Crippen LogP contribution in [0, 0.1) is 17.2 Å². The van der Waals surface area contributed by atoms with Crippen molar-refractivity contribution in [2.24, 2.45) is 10.9 Å². The van der Waals surface area contributed by atoms with Crippen LogP contribution in [0.1, 0.15) is 53.0 Å². The van der Waals surface area contributed by atoms with Crippen molar-refractivity contribution in [1.29, 1.82) is 5.26 Å². The molecule has 2 rings (SSSR count). The molecule has 1 aliphatic rings. The van der Waals surface area contributed by atoms with Crippen molar-refractivity contribution in [3.63, 3.8) is 0 Å². The Morgan fingerprint density at radius 1 is 1.43 bits per heavy atom. The maximum Gasteiger partial charge on any atom is 0.126 e. The fraction of sp³-hybridized carbons (Fsp3) is 0.500. The fourth-order valence-corrected chi connectivity index (χ4v) is 3.43. The summed E-state index contributed by atoms with van der Waals surface area (Å²) in [5, 5.41) is 14.4. The second kappa shape index (κ2) is 8.64. The number of aldehydes is 1. The van der Waals surface area contributed by atoms with Gasteiger partial charge in [0, 0.05) is 23.9 Å². The highest BCUT2D eigenvalue weighted by atomic mass is 32.1. The van der Waals surface area contributed by atoms with Crippen LogP contribution in [0.3, 0.4) is 0 Å². The number of nitriles is 1. The number of nitrogens with one attached hydrogen (secondary N) is 1. The number of thiophene rings is 1. The Bertz CT molecular complexity index is 763. The summed E-state index contributed by atoms with van der Waals surface area (Å²) in [6, 6.07) is 2.31. The van der Waals surface area contributed by atoms with Crippen LogP contribution in [-0.4, -0.2) is 13.3 Å². The van der Waals surface area contributed by atoms with Crippen LogP contribution < -0.4 is 15.2 Å². The lowest BCUT2D eigenvalue weighted by Crippen LogP contribution is -2.23. The molecule has 0 spiro atoms. The van der Waals surface area contributed by atoms with Crippen molar-refractivity contribution in [2.75, 3.05) is 12.4 Å². The maximum atomic E-state index is 9.50.